The van der Waals surface area contributed by atoms with E-state index in [2.05, 4.69) is 4.98 Å². The van der Waals surface area contributed by atoms with Crippen molar-refractivity contribution in [3.63, 3.8) is 0 Å². The van der Waals surface area contributed by atoms with E-state index in [0.29, 0.717) is 17.0 Å². The lowest BCUT2D eigenvalue weighted by Crippen LogP contribution is -2.39. The lowest BCUT2D eigenvalue weighted by molar-refractivity contribution is -0.128. The van der Waals surface area contributed by atoms with Crippen LogP contribution in [0.2, 0.25) is 0 Å². The number of carbonyl (C=O) groups is 1. The molecule has 1 atom stereocenters. The standard InChI is InChI=1S/C19H18FN3O6S/c1-30(27,28)16(18(25)22-26)6-8-23-11-15(20)14(10-17(23)24)12-2-4-13(5-3-12)19-21-7-9-29-19/h2-5,7,9-11,16,26H,6,8H2,1H3,(H,22,25)/t16-/m1/s1. The third-order valence-corrected chi connectivity index (χ3v) is 5.99. The van der Waals surface area contributed by atoms with Crippen LogP contribution in [-0.2, 0) is 21.2 Å². The van der Waals surface area contributed by atoms with E-state index in [9.17, 15) is 22.4 Å². The first-order chi connectivity index (χ1) is 14.2. The van der Waals surface area contributed by atoms with Gasteiger partial charge in [-0.2, -0.15) is 0 Å². The van der Waals surface area contributed by atoms with Gasteiger partial charge in [0, 0.05) is 36.2 Å². The number of hydrogen-bond acceptors (Lipinski definition) is 7. The number of sulfone groups is 1. The molecule has 2 heterocycles. The molecule has 0 spiro atoms. The van der Waals surface area contributed by atoms with E-state index in [1.807, 2.05) is 0 Å². The second kappa shape index (κ2) is 8.59. The summed E-state index contributed by atoms with van der Waals surface area (Å²) < 4.78 is 44.2. The van der Waals surface area contributed by atoms with Crippen molar-refractivity contribution in [2.75, 3.05) is 6.26 Å². The molecule has 3 aromatic rings. The topological polar surface area (TPSA) is 131 Å². The van der Waals surface area contributed by atoms with Crippen molar-refractivity contribution in [2.45, 2.75) is 18.2 Å². The van der Waals surface area contributed by atoms with E-state index in [-0.39, 0.29) is 18.5 Å². The summed E-state index contributed by atoms with van der Waals surface area (Å²) in [5.74, 6) is -1.40. The van der Waals surface area contributed by atoms with Crippen LogP contribution in [0.5, 0.6) is 0 Å². The molecule has 0 bridgehead atoms. The van der Waals surface area contributed by atoms with Gasteiger partial charge in [-0.05, 0) is 24.1 Å². The molecule has 0 fully saturated rings. The van der Waals surface area contributed by atoms with Crippen LogP contribution < -0.4 is 11.0 Å². The number of benzene rings is 1. The van der Waals surface area contributed by atoms with Gasteiger partial charge in [0.25, 0.3) is 11.5 Å². The molecule has 0 aliphatic rings. The number of aryl methyl sites for hydroxylation is 1. The van der Waals surface area contributed by atoms with E-state index in [4.69, 9.17) is 9.62 Å². The number of halogens is 1. The maximum absolute atomic E-state index is 14.6. The number of hydrogen-bond donors (Lipinski definition) is 2. The van der Waals surface area contributed by atoms with Crippen molar-refractivity contribution >= 4 is 15.7 Å². The minimum Gasteiger partial charge on any atom is -0.445 e. The zero-order valence-corrected chi connectivity index (χ0v) is 16.6. The molecule has 1 aromatic carbocycles. The van der Waals surface area contributed by atoms with E-state index < -0.39 is 32.4 Å². The van der Waals surface area contributed by atoms with Gasteiger partial charge in [0.15, 0.2) is 9.84 Å². The first-order valence-electron chi connectivity index (χ1n) is 8.74. The second-order valence-electron chi connectivity index (χ2n) is 6.56. The Morgan fingerprint density at radius 2 is 1.97 bits per heavy atom. The van der Waals surface area contributed by atoms with Gasteiger partial charge in [0.1, 0.15) is 17.3 Å². The zero-order valence-electron chi connectivity index (χ0n) is 15.8. The van der Waals surface area contributed by atoms with E-state index in [0.717, 1.165) is 23.1 Å². The van der Waals surface area contributed by atoms with Gasteiger partial charge >= 0.3 is 0 Å². The first-order valence-corrected chi connectivity index (χ1v) is 10.7. The summed E-state index contributed by atoms with van der Waals surface area (Å²) in [6.45, 7) is -0.232. The summed E-state index contributed by atoms with van der Waals surface area (Å²) in [7, 11) is -3.84. The number of pyridine rings is 1. The number of hydroxylamine groups is 1. The van der Waals surface area contributed by atoms with Gasteiger partial charge in [0.05, 0.1) is 6.20 Å². The minimum atomic E-state index is -3.84. The quantitative estimate of drug-likeness (QED) is 0.426. The Morgan fingerprint density at radius 1 is 1.30 bits per heavy atom. The average molecular weight is 435 g/mol. The Kier molecular flexibility index (Phi) is 6.13. The maximum Gasteiger partial charge on any atom is 0.261 e. The molecule has 2 aromatic heterocycles. The molecular formula is C19H18FN3O6S. The monoisotopic (exact) mass is 435 g/mol. The highest BCUT2D eigenvalue weighted by molar-refractivity contribution is 7.92. The van der Waals surface area contributed by atoms with Crippen LogP contribution in [-0.4, -0.2) is 40.6 Å². The lowest BCUT2D eigenvalue weighted by atomic mass is 10.0. The summed E-state index contributed by atoms with van der Waals surface area (Å²) in [6.07, 6.45) is 4.41. The Morgan fingerprint density at radius 3 is 2.53 bits per heavy atom. The van der Waals surface area contributed by atoms with Gasteiger partial charge in [-0.3, -0.25) is 14.8 Å². The summed E-state index contributed by atoms with van der Waals surface area (Å²) in [5.41, 5.74) is 1.94. The van der Waals surface area contributed by atoms with Crippen LogP contribution in [0, 0.1) is 5.82 Å². The first kappa shape index (κ1) is 21.4. The predicted octanol–water partition coefficient (Wildman–Crippen LogP) is 1.62. The zero-order chi connectivity index (χ0) is 21.9. The fourth-order valence-electron chi connectivity index (χ4n) is 2.97. The normalized spacial score (nSPS) is 12.5. The van der Waals surface area contributed by atoms with E-state index in [1.165, 1.54) is 17.9 Å². The molecular weight excluding hydrogens is 417 g/mol. The fraction of sp³-hybridized carbons (Fsp3) is 0.211. The maximum atomic E-state index is 14.6. The second-order valence-corrected chi connectivity index (χ2v) is 8.79. The van der Waals surface area contributed by atoms with Crippen molar-refractivity contribution in [1.82, 2.24) is 15.0 Å². The molecule has 11 heteroatoms. The van der Waals surface area contributed by atoms with Gasteiger partial charge in [-0.1, -0.05) is 12.1 Å². The number of oxazole rings is 1. The third-order valence-electron chi connectivity index (χ3n) is 4.50. The Labute approximate surface area is 170 Å². The summed E-state index contributed by atoms with van der Waals surface area (Å²) in [4.78, 5) is 28.0. The van der Waals surface area contributed by atoms with Crippen molar-refractivity contribution in [1.29, 1.82) is 0 Å². The Hall–Kier alpha value is -3.31. The van der Waals surface area contributed by atoms with Crippen LogP contribution in [0.15, 0.2) is 58.2 Å². The minimum absolute atomic E-state index is 0.0722. The largest absolute Gasteiger partial charge is 0.445 e. The summed E-state index contributed by atoms with van der Waals surface area (Å²) >= 11 is 0. The fourth-order valence-corrected chi connectivity index (χ4v) is 3.94. The number of aromatic nitrogens is 2. The molecule has 3 rings (SSSR count). The molecule has 2 N–H and O–H groups in total. The van der Waals surface area contributed by atoms with Crippen molar-refractivity contribution < 1.29 is 27.2 Å². The van der Waals surface area contributed by atoms with Gasteiger partial charge in [0.2, 0.25) is 5.89 Å². The van der Waals surface area contributed by atoms with Crippen LogP contribution in [0.1, 0.15) is 6.42 Å². The van der Waals surface area contributed by atoms with Gasteiger partial charge in [-0.25, -0.2) is 23.3 Å². The lowest BCUT2D eigenvalue weighted by Gasteiger charge is -2.14. The Balaban J connectivity index is 1.83. The van der Waals surface area contributed by atoms with Crippen molar-refractivity contribution in [2.24, 2.45) is 0 Å². The number of carbonyl (C=O) groups excluding carboxylic acids is 1. The van der Waals surface area contributed by atoms with Crippen LogP contribution in [0.4, 0.5) is 4.39 Å². The van der Waals surface area contributed by atoms with Crippen molar-refractivity contribution in [3.8, 4) is 22.6 Å². The molecule has 0 saturated carbocycles. The number of nitrogens with zero attached hydrogens (tertiary/aromatic N) is 2. The molecule has 0 radical (unpaired) electrons. The number of amides is 1. The number of nitrogens with one attached hydrogen (secondary N) is 1. The van der Waals surface area contributed by atoms with Crippen molar-refractivity contribution in [3.05, 3.63) is 65.2 Å². The molecule has 0 unspecified atom stereocenters. The smallest absolute Gasteiger partial charge is 0.261 e. The molecule has 1 amide bonds. The molecule has 30 heavy (non-hydrogen) atoms. The molecule has 0 aliphatic carbocycles. The van der Waals surface area contributed by atoms with E-state index >= 15 is 0 Å². The SMILES string of the molecule is CS(=O)(=O)[C@H](CCn1cc(F)c(-c2ccc(-c3ncco3)cc2)cc1=O)C(=O)NO. The van der Waals surface area contributed by atoms with E-state index in [1.54, 1.807) is 24.3 Å². The summed E-state index contributed by atoms with van der Waals surface area (Å²) in [6, 6.07) is 7.68. The molecule has 0 aliphatic heterocycles. The van der Waals surface area contributed by atoms with Crippen LogP contribution in [0.3, 0.4) is 0 Å². The summed E-state index contributed by atoms with van der Waals surface area (Å²) in [5, 5.41) is 7.13. The predicted molar refractivity (Wildman–Crippen MR) is 105 cm³/mol. The van der Waals surface area contributed by atoms with Crippen LogP contribution in [0.25, 0.3) is 22.6 Å². The molecule has 9 nitrogen and oxygen atoms in total. The third kappa shape index (κ3) is 4.63. The number of rotatable bonds is 7. The van der Waals surface area contributed by atoms with Gasteiger partial charge < -0.3 is 8.98 Å². The highest BCUT2D eigenvalue weighted by atomic mass is 32.2. The molecule has 0 saturated heterocycles. The highest BCUT2D eigenvalue weighted by Crippen LogP contribution is 2.25. The average Bonchev–Trinajstić information content (AvgIpc) is 3.24. The molecule has 158 valence electrons. The highest BCUT2D eigenvalue weighted by Gasteiger charge is 2.28. The van der Waals surface area contributed by atoms with Gasteiger partial charge in [-0.15, -0.1) is 0 Å². The Bertz CT molecular complexity index is 1200. The van der Waals surface area contributed by atoms with Crippen LogP contribution >= 0.6 is 0 Å².